The topological polar surface area (TPSA) is 64.7 Å². The molecule has 0 radical (unpaired) electrons. The zero-order valence-corrected chi connectivity index (χ0v) is 16.7. The second-order valence-electron chi connectivity index (χ2n) is 7.06. The normalized spacial score (nSPS) is 16.6. The molecule has 0 bridgehead atoms. The summed E-state index contributed by atoms with van der Waals surface area (Å²) in [6.07, 6.45) is 5.08. The number of benzene rings is 1. The van der Waals surface area contributed by atoms with Crippen LogP contribution in [-0.2, 0) is 12.8 Å². The van der Waals surface area contributed by atoms with E-state index in [1.807, 2.05) is 31.2 Å². The fourth-order valence-corrected chi connectivity index (χ4v) is 5.76. The molecule has 0 saturated heterocycles. The first-order chi connectivity index (χ1) is 13.2. The predicted octanol–water partition coefficient (Wildman–Crippen LogP) is 5.33. The average Bonchev–Trinajstić information content (AvgIpc) is 3.26. The van der Waals surface area contributed by atoms with Gasteiger partial charge < -0.3 is 4.42 Å². The van der Waals surface area contributed by atoms with E-state index in [0.29, 0.717) is 11.1 Å². The molecule has 0 fully saturated rings. The average molecular weight is 395 g/mol. The molecule has 0 spiro atoms. The van der Waals surface area contributed by atoms with E-state index < -0.39 is 0 Å². The molecule has 0 amide bonds. The summed E-state index contributed by atoms with van der Waals surface area (Å²) in [6, 6.07) is 8.07. The van der Waals surface area contributed by atoms with Crippen LogP contribution >= 0.6 is 23.1 Å². The smallest absolute Gasteiger partial charge is 0.283 e. The molecular formula is C20H18N4OS2. The van der Waals surface area contributed by atoms with E-state index in [1.54, 1.807) is 17.7 Å². The SMILES string of the molecule is Cc1cccc(-c2nnc(Sc3ncnc4sc5c(c34)CC[C@@H](C)C5)o2)c1. The minimum Gasteiger partial charge on any atom is -0.411 e. The highest BCUT2D eigenvalue weighted by Gasteiger charge is 2.24. The second-order valence-corrected chi connectivity index (χ2v) is 9.08. The van der Waals surface area contributed by atoms with Crippen LogP contribution in [0.25, 0.3) is 21.7 Å². The first kappa shape index (κ1) is 16.9. The highest BCUT2D eigenvalue weighted by atomic mass is 32.2. The van der Waals surface area contributed by atoms with Crippen molar-refractivity contribution in [3.63, 3.8) is 0 Å². The van der Waals surface area contributed by atoms with Gasteiger partial charge in [0.1, 0.15) is 16.2 Å². The lowest BCUT2D eigenvalue weighted by atomic mass is 9.89. The Labute approximate surface area is 165 Å². The van der Waals surface area contributed by atoms with E-state index >= 15 is 0 Å². The summed E-state index contributed by atoms with van der Waals surface area (Å²) >= 11 is 3.23. The van der Waals surface area contributed by atoms with Crippen LogP contribution in [0.15, 0.2) is 45.3 Å². The summed E-state index contributed by atoms with van der Waals surface area (Å²) in [5.74, 6) is 1.27. The fraction of sp³-hybridized carbons (Fsp3) is 0.300. The van der Waals surface area contributed by atoms with Crippen molar-refractivity contribution >= 4 is 33.3 Å². The van der Waals surface area contributed by atoms with Gasteiger partial charge in [0.2, 0.25) is 5.89 Å². The third-order valence-corrected chi connectivity index (χ3v) is 6.92. The summed E-state index contributed by atoms with van der Waals surface area (Å²) < 4.78 is 5.90. The van der Waals surface area contributed by atoms with Gasteiger partial charge in [0.15, 0.2) is 0 Å². The first-order valence-corrected chi connectivity index (χ1v) is 10.6. The van der Waals surface area contributed by atoms with Crippen molar-refractivity contribution in [2.24, 2.45) is 5.92 Å². The number of aromatic nitrogens is 4. The molecule has 0 unspecified atom stereocenters. The number of thiophene rings is 1. The molecular weight excluding hydrogens is 376 g/mol. The lowest BCUT2D eigenvalue weighted by Gasteiger charge is -2.17. The van der Waals surface area contributed by atoms with Crippen molar-refractivity contribution in [1.29, 1.82) is 0 Å². The van der Waals surface area contributed by atoms with Gasteiger partial charge in [-0.15, -0.1) is 21.5 Å². The highest BCUT2D eigenvalue weighted by Crippen LogP contribution is 2.42. The number of hydrogen-bond acceptors (Lipinski definition) is 7. The Morgan fingerprint density at radius 3 is 3.04 bits per heavy atom. The molecule has 0 N–H and O–H groups in total. The number of rotatable bonds is 3. The number of aryl methyl sites for hydroxylation is 2. The van der Waals surface area contributed by atoms with Crippen molar-refractivity contribution < 1.29 is 4.42 Å². The van der Waals surface area contributed by atoms with Crippen LogP contribution in [-0.4, -0.2) is 20.2 Å². The van der Waals surface area contributed by atoms with Crippen LogP contribution in [0.5, 0.6) is 0 Å². The van der Waals surface area contributed by atoms with E-state index in [0.717, 1.165) is 39.7 Å². The third-order valence-electron chi connectivity index (χ3n) is 4.91. The monoisotopic (exact) mass is 394 g/mol. The molecule has 7 heteroatoms. The minimum absolute atomic E-state index is 0.510. The molecule has 5 nitrogen and oxygen atoms in total. The fourth-order valence-electron chi connectivity index (χ4n) is 3.55. The summed E-state index contributed by atoms with van der Waals surface area (Å²) in [7, 11) is 0. The van der Waals surface area contributed by atoms with Crippen LogP contribution in [0.1, 0.15) is 29.3 Å². The molecule has 5 rings (SSSR count). The van der Waals surface area contributed by atoms with Gasteiger partial charge in [0.05, 0.1) is 0 Å². The number of nitrogens with zero attached hydrogens (tertiary/aromatic N) is 4. The van der Waals surface area contributed by atoms with Crippen LogP contribution < -0.4 is 0 Å². The number of fused-ring (bicyclic) bond motifs is 3. The molecule has 0 aliphatic heterocycles. The predicted molar refractivity (Wildman–Crippen MR) is 107 cm³/mol. The van der Waals surface area contributed by atoms with E-state index in [9.17, 15) is 0 Å². The van der Waals surface area contributed by atoms with Gasteiger partial charge in [-0.3, -0.25) is 0 Å². The Balaban J connectivity index is 1.50. The van der Waals surface area contributed by atoms with Gasteiger partial charge >= 0.3 is 0 Å². The molecule has 1 aliphatic rings. The zero-order valence-electron chi connectivity index (χ0n) is 15.1. The standard InChI is InChI=1S/C20H18N4OS2/c1-11-4-3-5-13(8-11)17-23-24-20(25-17)27-19-16-14-7-6-12(2)9-15(14)26-18(16)21-10-22-19/h3-5,8,10,12H,6-7,9H2,1-2H3/t12-/m1/s1. The minimum atomic E-state index is 0.510. The summed E-state index contributed by atoms with van der Waals surface area (Å²) in [4.78, 5) is 11.5. The Morgan fingerprint density at radius 1 is 1.22 bits per heavy atom. The molecule has 3 aromatic heterocycles. The van der Waals surface area contributed by atoms with Gasteiger partial charge in [0, 0.05) is 15.8 Å². The molecule has 1 atom stereocenters. The summed E-state index contributed by atoms with van der Waals surface area (Å²) in [5, 5.41) is 11.0. The zero-order chi connectivity index (χ0) is 18.4. The van der Waals surface area contributed by atoms with E-state index in [-0.39, 0.29) is 0 Å². The van der Waals surface area contributed by atoms with Crippen LogP contribution in [0, 0.1) is 12.8 Å². The van der Waals surface area contributed by atoms with Gasteiger partial charge in [0.25, 0.3) is 5.22 Å². The Kier molecular flexibility index (Phi) is 4.21. The molecule has 1 aromatic carbocycles. The van der Waals surface area contributed by atoms with Crippen molar-refractivity contribution in [1.82, 2.24) is 20.2 Å². The van der Waals surface area contributed by atoms with Crippen LogP contribution in [0.4, 0.5) is 0 Å². The van der Waals surface area contributed by atoms with E-state index in [4.69, 9.17) is 4.42 Å². The largest absolute Gasteiger partial charge is 0.411 e. The molecule has 27 heavy (non-hydrogen) atoms. The molecule has 1 aliphatic carbocycles. The summed E-state index contributed by atoms with van der Waals surface area (Å²) in [5.41, 5.74) is 3.51. The quantitative estimate of drug-likeness (QED) is 0.438. The Bertz CT molecular complexity index is 1130. The van der Waals surface area contributed by atoms with E-state index in [1.165, 1.54) is 34.0 Å². The van der Waals surface area contributed by atoms with Gasteiger partial charge in [-0.05, 0) is 61.6 Å². The molecule has 3 heterocycles. The lowest BCUT2D eigenvalue weighted by molar-refractivity contribution is 0.465. The van der Waals surface area contributed by atoms with E-state index in [2.05, 4.69) is 27.1 Å². The maximum atomic E-state index is 5.90. The Morgan fingerprint density at radius 2 is 2.15 bits per heavy atom. The van der Waals surface area contributed by atoms with Gasteiger partial charge in [-0.2, -0.15) is 0 Å². The van der Waals surface area contributed by atoms with Crippen LogP contribution in [0.3, 0.4) is 0 Å². The van der Waals surface area contributed by atoms with Crippen molar-refractivity contribution in [2.75, 3.05) is 0 Å². The molecule has 136 valence electrons. The molecule has 4 aromatic rings. The molecule has 0 saturated carbocycles. The van der Waals surface area contributed by atoms with Gasteiger partial charge in [-0.25, -0.2) is 9.97 Å². The highest BCUT2D eigenvalue weighted by molar-refractivity contribution is 7.99. The Hall–Kier alpha value is -2.25. The van der Waals surface area contributed by atoms with Crippen molar-refractivity contribution in [2.45, 2.75) is 43.4 Å². The van der Waals surface area contributed by atoms with Gasteiger partial charge in [-0.1, -0.05) is 24.6 Å². The third kappa shape index (κ3) is 3.15. The maximum absolute atomic E-state index is 5.90. The first-order valence-electron chi connectivity index (χ1n) is 9.01. The number of hydrogen-bond donors (Lipinski definition) is 0. The summed E-state index contributed by atoms with van der Waals surface area (Å²) in [6.45, 7) is 4.37. The maximum Gasteiger partial charge on any atom is 0.283 e. The van der Waals surface area contributed by atoms with Crippen molar-refractivity contribution in [3.8, 4) is 11.5 Å². The second kappa shape index (κ2) is 6.73. The van der Waals surface area contributed by atoms with Crippen molar-refractivity contribution in [3.05, 3.63) is 46.6 Å². The lowest BCUT2D eigenvalue weighted by Crippen LogP contribution is -2.08. The van der Waals surface area contributed by atoms with Crippen LogP contribution in [0.2, 0.25) is 0 Å².